The van der Waals surface area contributed by atoms with Crippen molar-refractivity contribution in [3.63, 3.8) is 0 Å². The van der Waals surface area contributed by atoms with Gasteiger partial charge >= 0.3 is 5.97 Å². The van der Waals surface area contributed by atoms with E-state index in [0.717, 1.165) is 0 Å². The first-order chi connectivity index (χ1) is 11.0. The van der Waals surface area contributed by atoms with Crippen molar-refractivity contribution >= 4 is 34.9 Å². The highest BCUT2D eigenvalue weighted by atomic mass is 35.5. The fourth-order valence-corrected chi connectivity index (χ4v) is 2.75. The number of nitrogens with one attached hydrogen (secondary N) is 2. The minimum absolute atomic E-state index is 0.0389. The lowest BCUT2D eigenvalue weighted by Crippen LogP contribution is -2.50. The van der Waals surface area contributed by atoms with Crippen molar-refractivity contribution in [2.75, 3.05) is 13.8 Å². The number of benzene rings is 1. The van der Waals surface area contributed by atoms with Crippen LogP contribution in [0.4, 0.5) is 4.39 Å². The Morgan fingerprint density at radius 2 is 2.22 bits per heavy atom. The van der Waals surface area contributed by atoms with Crippen LogP contribution in [0.15, 0.2) is 29.5 Å². The van der Waals surface area contributed by atoms with Gasteiger partial charge in [0.15, 0.2) is 5.11 Å². The van der Waals surface area contributed by atoms with Gasteiger partial charge in [0.05, 0.1) is 18.7 Å². The number of halogens is 2. The molecule has 2 N–H and O–H groups in total. The molecule has 0 radical (unpaired) electrons. The maximum atomic E-state index is 13.1. The Morgan fingerprint density at radius 1 is 1.48 bits per heavy atom. The van der Waals surface area contributed by atoms with Crippen LogP contribution in [0.2, 0.25) is 5.02 Å². The Morgan fingerprint density at radius 3 is 2.87 bits per heavy atom. The predicted molar refractivity (Wildman–Crippen MR) is 89.1 cm³/mol. The number of methoxy groups -OCH3 is 1. The van der Waals surface area contributed by atoms with Crippen LogP contribution < -0.4 is 15.4 Å². The van der Waals surface area contributed by atoms with Gasteiger partial charge in [0.25, 0.3) is 0 Å². The van der Waals surface area contributed by atoms with E-state index >= 15 is 0 Å². The summed E-state index contributed by atoms with van der Waals surface area (Å²) in [6.45, 7) is 0.833. The normalized spacial score (nSPS) is 17.4. The zero-order valence-corrected chi connectivity index (χ0v) is 14.2. The van der Waals surface area contributed by atoms with Crippen molar-refractivity contribution in [1.29, 1.82) is 0 Å². The number of carbonyl (C=O) groups is 1. The summed E-state index contributed by atoms with van der Waals surface area (Å²) in [5, 5.41) is 6.27. The monoisotopic (exact) mass is 358 g/mol. The minimum atomic E-state index is -0.822. The van der Waals surface area contributed by atoms with E-state index in [2.05, 4.69) is 10.6 Å². The molecule has 1 heterocycles. The third-order valence-corrected chi connectivity index (χ3v) is 3.79. The molecule has 0 amide bonds. The van der Waals surface area contributed by atoms with Crippen molar-refractivity contribution in [3.8, 4) is 5.75 Å². The van der Waals surface area contributed by atoms with Gasteiger partial charge in [0, 0.05) is 16.3 Å². The highest BCUT2D eigenvalue weighted by Crippen LogP contribution is 2.24. The molecular weight excluding hydrogens is 343 g/mol. The number of carbonyl (C=O) groups excluding carboxylic acids is 1. The summed E-state index contributed by atoms with van der Waals surface area (Å²) in [6, 6.07) is 4.18. The Hall–Kier alpha value is -1.86. The molecule has 0 saturated carbocycles. The second-order valence-corrected chi connectivity index (χ2v) is 5.72. The minimum Gasteiger partial charge on any atom is -0.496 e. The Labute approximate surface area is 143 Å². The van der Waals surface area contributed by atoms with Crippen molar-refractivity contribution in [2.24, 2.45) is 0 Å². The van der Waals surface area contributed by atoms with E-state index in [9.17, 15) is 9.18 Å². The standard InChI is InChI=1S/C15H16ClFN2O3S/c1-8-13(11(6-17)19-15(23)18-8)14(20)22-7-9-5-10(16)3-4-12(9)21-2/h3-5,11H,6-7H2,1-2H3,(H2,18,19,23). The predicted octanol–water partition coefficient (Wildman–Crippen LogP) is 2.48. The van der Waals surface area contributed by atoms with Gasteiger partial charge in [-0.05, 0) is 37.3 Å². The maximum absolute atomic E-state index is 13.1. The van der Waals surface area contributed by atoms with E-state index in [0.29, 0.717) is 22.0 Å². The largest absolute Gasteiger partial charge is 0.496 e. The molecule has 0 fully saturated rings. The zero-order valence-electron chi connectivity index (χ0n) is 12.6. The smallest absolute Gasteiger partial charge is 0.338 e. The Kier molecular flexibility index (Phi) is 5.79. The van der Waals surface area contributed by atoms with Gasteiger partial charge in [-0.3, -0.25) is 0 Å². The van der Waals surface area contributed by atoms with E-state index < -0.39 is 18.7 Å². The molecule has 8 heteroatoms. The van der Waals surface area contributed by atoms with Crippen LogP contribution in [-0.4, -0.2) is 30.9 Å². The summed E-state index contributed by atoms with van der Waals surface area (Å²) in [4.78, 5) is 12.3. The molecular formula is C15H16ClFN2O3S. The van der Waals surface area contributed by atoms with Crippen LogP contribution >= 0.6 is 23.8 Å². The first kappa shape index (κ1) is 17.5. The lowest BCUT2D eigenvalue weighted by atomic mass is 10.0. The topological polar surface area (TPSA) is 59.6 Å². The van der Waals surface area contributed by atoms with Crippen molar-refractivity contribution in [3.05, 3.63) is 40.1 Å². The van der Waals surface area contributed by atoms with Crippen molar-refractivity contribution < 1.29 is 18.7 Å². The van der Waals surface area contributed by atoms with E-state index in [1.807, 2.05) is 0 Å². The van der Waals surface area contributed by atoms with Crippen molar-refractivity contribution in [1.82, 2.24) is 10.6 Å². The number of alkyl halides is 1. The maximum Gasteiger partial charge on any atom is 0.338 e. The molecule has 1 aliphatic rings. The fourth-order valence-electron chi connectivity index (χ4n) is 2.26. The third-order valence-electron chi connectivity index (χ3n) is 3.33. The third kappa shape index (κ3) is 4.11. The fraction of sp³-hybridized carbons (Fsp3) is 0.333. The van der Waals surface area contributed by atoms with Gasteiger partial charge in [-0.15, -0.1) is 0 Å². The van der Waals surface area contributed by atoms with Crippen LogP contribution in [0.5, 0.6) is 5.75 Å². The second-order valence-electron chi connectivity index (χ2n) is 4.88. The molecule has 23 heavy (non-hydrogen) atoms. The summed E-state index contributed by atoms with van der Waals surface area (Å²) in [5.74, 6) is -0.0781. The number of hydrogen-bond donors (Lipinski definition) is 2. The lowest BCUT2D eigenvalue weighted by molar-refractivity contribution is -0.140. The van der Waals surface area contributed by atoms with Gasteiger partial charge < -0.3 is 20.1 Å². The first-order valence-electron chi connectivity index (χ1n) is 6.80. The molecule has 1 aliphatic heterocycles. The summed E-state index contributed by atoms with van der Waals surface area (Å²) >= 11 is 10.9. The van der Waals surface area contributed by atoms with Crippen molar-refractivity contribution in [2.45, 2.75) is 19.6 Å². The number of esters is 1. The highest BCUT2D eigenvalue weighted by molar-refractivity contribution is 7.80. The number of hydrogen-bond acceptors (Lipinski definition) is 4. The lowest BCUT2D eigenvalue weighted by Gasteiger charge is -2.27. The van der Waals surface area contributed by atoms with Gasteiger partial charge in [0.2, 0.25) is 0 Å². The number of ether oxygens (including phenoxy) is 2. The van der Waals surface area contributed by atoms with Crippen LogP contribution in [-0.2, 0) is 16.1 Å². The van der Waals surface area contributed by atoms with Gasteiger partial charge in [0.1, 0.15) is 19.0 Å². The molecule has 2 rings (SSSR count). The molecule has 1 unspecified atom stereocenters. The average molecular weight is 359 g/mol. The Bertz CT molecular complexity index is 666. The van der Waals surface area contributed by atoms with E-state index in [-0.39, 0.29) is 17.3 Å². The second kappa shape index (κ2) is 7.61. The van der Waals surface area contributed by atoms with Gasteiger partial charge in [-0.1, -0.05) is 11.6 Å². The van der Waals surface area contributed by atoms with Gasteiger partial charge in [-0.25, -0.2) is 9.18 Å². The molecule has 5 nitrogen and oxygen atoms in total. The molecule has 0 aromatic heterocycles. The molecule has 0 spiro atoms. The average Bonchev–Trinajstić information content (AvgIpc) is 2.51. The summed E-state index contributed by atoms with van der Waals surface area (Å²) in [7, 11) is 1.51. The van der Waals surface area contributed by atoms with Gasteiger partial charge in [-0.2, -0.15) is 0 Å². The number of allylic oxidation sites excluding steroid dienone is 1. The summed E-state index contributed by atoms with van der Waals surface area (Å²) < 4.78 is 23.6. The quantitative estimate of drug-likeness (QED) is 0.623. The molecule has 1 aromatic rings. The molecule has 0 bridgehead atoms. The highest BCUT2D eigenvalue weighted by Gasteiger charge is 2.29. The van der Waals surface area contributed by atoms with E-state index in [1.54, 1.807) is 25.1 Å². The molecule has 0 aliphatic carbocycles. The molecule has 0 saturated heterocycles. The number of thiocarbonyl (C=S) groups is 1. The molecule has 1 aromatic carbocycles. The van der Waals surface area contributed by atoms with Crippen LogP contribution in [0.3, 0.4) is 0 Å². The summed E-state index contributed by atoms with van der Waals surface area (Å²) in [6.07, 6.45) is 0. The van der Waals surface area contributed by atoms with Crippen LogP contribution in [0.1, 0.15) is 12.5 Å². The molecule has 1 atom stereocenters. The SMILES string of the molecule is COc1ccc(Cl)cc1COC(=O)C1=C(C)NC(=S)NC1CF. The van der Waals surface area contributed by atoms with E-state index in [4.69, 9.17) is 33.3 Å². The van der Waals surface area contributed by atoms with E-state index in [1.165, 1.54) is 7.11 Å². The molecule has 124 valence electrons. The first-order valence-corrected chi connectivity index (χ1v) is 7.58. The Balaban J connectivity index is 2.14. The zero-order chi connectivity index (χ0) is 17.0. The van der Waals surface area contributed by atoms with Crippen LogP contribution in [0.25, 0.3) is 0 Å². The number of rotatable bonds is 5. The van der Waals surface area contributed by atoms with Crippen LogP contribution in [0, 0.1) is 0 Å². The summed E-state index contributed by atoms with van der Waals surface area (Å²) in [5.41, 5.74) is 1.28.